The van der Waals surface area contributed by atoms with Gasteiger partial charge in [0, 0.05) is 21.8 Å². The van der Waals surface area contributed by atoms with Crippen LogP contribution in [0, 0.1) is 0 Å². The van der Waals surface area contributed by atoms with E-state index in [1.165, 1.54) is 6.07 Å². The van der Waals surface area contributed by atoms with Crippen LogP contribution in [0.4, 0.5) is 5.69 Å². The van der Waals surface area contributed by atoms with E-state index in [9.17, 15) is 9.59 Å². The molecule has 0 aliphatic carbocycles. The highest BCUT2D eigenvalue weighted by molar-refractivity contribution is 6.36. The molecule has 0 fully saturated rings. The average Bonchev–Trinajstić information content (AvgIpc) is 2.48. The molecule has 0 bridgehead atoms. The van der Waals surface area contributed by atoms with Crippen LogP contribution in [-0.2, 0) is 0 Å². The minimum absolute atomic E-state index is 0.168. The maximum absolute atomic E-state index is 12.3. The molecule has 0 saturated heterocycles. The van der Waals surface area contributed by atoms with Crippen molar-refractivity contribution in [3.05, 3.63) is 63.6 Å². The predicted molar refractivity (Wildman–Crippen MR) is 98.1 cm³/mol. The molecule has 24 heavy (non-hydrogen) atoms. The van der Waals surface area contributed by atoms with Gasteiger partial charge in [-0.25, -0.2) is 0 Å². The Bertz CT molecular complexity index is 766. The van der Waals surface area contributed by atoms with Crippen LogP contribution >= 0.6 is 23.2 Å². The number of halogens is 2. The molecule has 0 heterocycles. The van der Waals surface area contributed by atoms with Crippen molar-refractivity contribution < 1.29 is 9.59 Å². The van der Waals surface area contributed by atoms with Gasteiger partial charge in [-0.1, -0.05) is 23.2 Å². The predicted octanol–water partition coefficient (Wildman–Crippen LogP) is 4.77. The van der Waals surface area contributed by atoms with E-state index in [1.807, 2.05) is 20.8 Å². The fourth-order valence-electron chi connectivity index (χ4n) is 1.99. The molecule has 2 amide bonds. The molecule has 2 aromatic carbocycles. The zero-order valence-corrected chi connectivity index (χ0v) is 15.1. The van der Waals surface area contributed by atoms with Gasteiger partial charge in [0.05, 0.1) is 10.6 Å². The molecular weight excluding hydrogens is 347 g/mol. The topological polar surface area (TPSA) is 58.2 Å². The number of carbonyl (C=O) groups is 2. The number of hydrogen-bond acceptors (Lipinski definition) is 2. The normalized spacial score (nSPS) is 11.0. The number of anilines is 1. The molecule has 0 saturated carbocycles. The number of benzene rings is 2. The smallest absolute Gasteiger partial charge is 0.257 e. The van der Waals surface area contributed by atoms with E-state index in [1.54, 1.807) is 36.4 Å². The molecule has 2 N–H and O–H groups in total. The summed E-state index contributed by atoms with van der Waals surface area (Å²) in [7, 11) is 0. The molecule has 0 aliphatic heterocycles. The van der Waals surface area contributed by atoms with Gasteiger partial charge in [-0.15, -0.1) is 0 Å². The lowest BCUT2D eigenvalue weighted by molar-refractivity contribution is 0.0919. The summed E-state index contributed by atoms with van der Waals surface area (Å²) in [6, 6.07) is 11.3. The first-order chi connectivity index (χ1) is 11.2. The maximum Gasteiger partial charge on any atom is 0.257 e. The Morgan fingerprint density at radius 3 is 2.12 bits per heavy atom. The summed E-state index contributed by atoms with van der Waals surface area (Å²) in [5.41, 5.74) is 1.05. The van der Waals surface area contributed by atoms with Crippen LogP contribution in [0.3, 0.4) is 0 Å². The van der Waals surface area contributed by atoms with E-state index in [0.29, 0.717) is 26.9 Å². The molecule has 4 nitrogen and oxygen atoms in total. The minimum atomic E-state index is -0.366. The van der Waals surface area contributed by atoms with Gasteiger partial charge in [-0.3, -0.25) is 9.59 Å². The Kier molecular flexibility index (Phi) is 5.52. The molecule has 0 unspecified atom stereocenters. The molecule has 0 aromatic heterocycles. The van der Waals surface area contributed by atoms with Gasteiger partial charge < -0.3 is 10.6 Å². The van der Waals surface area contributed by atoms with Crippen molar-refractivity contribution in [2.45, 2.75) is 26.3 Å². The van der Waals surface area contributed by atoms with Crippen LogP contribution in [-0.4, -0.2) is 17.4 Å². The third-order valence-corrected chi connectivity index (χ3v) is 3.63. The molecule has 6 heteroatoms. The monoisotopic (exact) mass is 364 g/mol. The lowest BCUT2D eigenvalue weighted by Gasteiger charge is -2.20. The minimum Gasteiger partial charge on any atom is -0.347 e. The highest BCUT2D eigenvalue weighted by Crippen LogP contribution is 2.22. The van der Waals surface area contributed by atoms with Crippen molar-refractivity contribution in [1.29, 1.82) is 0 Å². The maximum atomic E-state index is 12.3. The second kappa shape index (κ2) is 7.24. The van der Waals surface area contributed by atoms with Crippen LogP contribution in [0.1, 0.15) is 41.5 Å². The van der Waals surface area contributed by atoms with Crippen molar-refractivity contribution >= 4 is 40.7 Å². The van der Waals surface area contributed by atoms with Gasteiger partial charge in [-0.2, -0.15) is 0 Å². The van der Waals surface area contributed by atoms with Crippen molar-refractivity contribution in [1.82, 2.24) is 5.32 Å². The summed E-state index contributed by atoms with van der Waals surface area (Å²) in [6.45, 7) is 5.73. The third kappa shape index (κ3) is 4.98. The Morgan fingerprint density at radius 2 is 1.54 bits per heavy atom. The second-order valence-electron chi connectivity index (χ2n) is 6.36. The first-order valence-corrected chi connectivity index (χ1v) is 8.10. The van der Waals surface area contributed by atoms with E-state index in [0.717, 1.165) is 0 Å². The standard InChI is InChI=1S/C18H18Cl2N2O2/c1-18(2,3)22-16(23)11-4-7-13(8-5-11)21-17(24)14-10-12(19)6-9-15(14)20/h4-10H,1-3H3,(H,21,24)(H,22,23). The summed E-state index contributed by atoms with van der Waals surface area (Å²) in [4.78, 5) is 24.3. The SMILES string of the molecule is CC(C)(C)NC(=O)c1ccc(NC(=O)c2cc(Cl)ccc2Cl)cc1. The number of carbonyl (C=O) groups excluding carboxylic acids is 2. The summed E-state index contributed by atoms with van der Waals surface area (Å²) < 4.78 is 0. The second-order valence-corrected chi connectivity index (χ2v) is 7.20. The van der Waals surface area contributed by atoms with Gasteiger partial charge in [0.25, 0.3) is 11.8 Å². The fourth-order valence-corrected chi connectivity index (χ4v) is 2.36. The van der Waals surface area contributed by atoms with Gasteiger partial charge in [0.2, 0.25) is 0 Å². The van der Waals surface area contributed by atoms with Crippen LogP contribution in [0.2, 0.25) is 10.0 Å². The quantitative estimate of drug-likeness (QED) is 0.823. The van der Waals surface area contributed by atoms with Gasteiger partial charge >= 0.3 is 0 Å². The van der Waals surface area contributed by atoms with Crippen molar-refractivity contribution in [2.24, 2.45) is 0 Å². The molecule has 0 spiro atoms. The molecule has 0 radical (unpaired) electrons. The van der Waals surface area contributed by atoms with Crippen LogP contribution < -0.4 is 10.6 Å². The van der Waals surface area contributed by atoms with Crippen molar-refractivity contribution in [2.75, 3.05) is 5.32 Å². The zero-order valence-electron chi connectivity index (χ0n) is 13.6. The lowest BCUT2D eigenvalue weighted by Crippen LogP contribution is -2.40. The zero-order chi connectivity index (χ0) is 17.9. The van der Waals surface area contributed by atoms with E-state index in [4.69, 9.17) is 23.2 Å². The molecule has 2 rings (SSSR count). The first kappa shape index (κ1) is 18.3. The molecule has 2 aromatic rings. The van der Waals surface area contributed by atoms with Crippen LogP contribution in [0.15, 0.2) is 42.5 Å². The first-order valence-electron chi connectivity index (χ1n) is 7.35. The Balaban J connectivity index is 2.10. The fraction of sp³-hybridized carbons (Fsp3) is 0.222. The average molecular weight is 365 g/mol. The Labute approximate surface area is 151 Å². The van der Waals surface area contributed by atoms with Gasteiger partial charge in [-0.05, 0) is 63.2 Å². The van der Waals surface area contributed by atoms with Gasteiger partial charge in [0.1, 0.15) is 0 Å². The van der Waals surface area contributed by atoms with Crippen molar-refractivity contribution in [3.63, 3.8) is 0 Å². The van der Waals surface area contributed by atoms with E-state index >= 15 is 0 Å². The van der Waals surface area contributed by atoms with Crippen LogP contribution in [0.25, 0.3) is 0 Å². The third-order valence-electron chi connectivity index (χ3n) is 3.07. The summed E-state index contributed by atoms with van der Waals surface area (Å²) in [5.74, 6) is -0.535. The number of rotatable bonds is 3. The number of nitrogens with one attached hydrogen (secondary N) is 2. The Morgan fingerprint density at radius 1 is 0.917 bits per heavy atom. The molecule has 0 atom stereocenters. The van der Waals surface area contributed by atoms with Crippen molar-refractivity contribution in [3.8, 4) is 0 Å². The van der Waals surface area contributed by atoms with E-state index in [2.05, 4.69) is 10.6 Å². The molecule has 126 valence electrons. The number of hydrogen-bond donors (Lipinski definition) is 2. The highest BCUT2D eigenvalue weighted by atomic mass is 35.5. The summed E-state index contributed by atoms with van der Waals surface area (Å²) in [6.07, 6.45) is 0. The van der Waals surface area contributed by atoms with E-state index in [-0.39, 0.29) is 17.4 Å². The largest absolute Gasteiger partial charge is 0.347 e. The highest BCUT2D eigenvalue weighted by Gasteiger charge is 2.15. The van der Waals surface area contributed by atoms with E-state index < -0.39 is 0 Å². The number of amides is 2. The molecule has 0 aliphatic rings. The summed E-state index contributed by atoms with van der Waals surface area (Å²) >= 11 is 11.9. The van der Waals surface area contributed by atoms with Crippen LogP contribution in [0.5, 0.6) is 0 Å². The molecular formula is C18H18Cl2N2O2. The van der Waals surface area contributed by atoms with Gasteiger partial charge in [0.15, 0.2) is 0 Å². The lowest BCUT2D eigenvalue weighted by atomic mass is 10.1. The summed E-state index contributed by atoms with van der Waals surface area (Å²) in [5, 5.41) is 6.35. The Hall–Kier alpha value is -2.04.